The van der Waals surface area contributed by atoms with E-state index in [4.69, 9.17) is 34.6 Å². The van der Waals surface area contributed by atoms with Gasteiger partial charge in [0, 0.05) is 99.8 Å². The van der Waals surface area contributed by atoms with Crippen LogP contribution in [0, 0.1) is 42.4 Å². The molecule has 1 N–H and O–H groups in total. The summed E-state index contributed by atoms with van der Waals surface area (Å²) in [6.07, 6.45) is 8.39. The molecule has 7 aliphatic rings. The standard InChI is InChI=1S/C60H63N9O5/c1-32-47-49(34-16-9-8-10-17-34)52-39(25-58(3,4)28-42(52)70)63-56(47)66-68(32)35-18-15-23-60(24-35)27-41-54(44(72)30-60)51(37-20-12-14-22-46(37)74-7)48-33(2)69(67-57(48)64-41)59(5)26-40-53(43(71)29-59)50(38-31-61-65-55(38)62-40)36-19-11-13-21-45(36)73-6/h8-14,16-17,19-22,31,35,49-54H,15,18,23-30H2,1-7H3,(H,61,65). The molecule has 4 aliphatic carbocycles. The Hall–Kier alpha value is -7.09. The lowest BCUT2D eigenvalue weighted by atomic mass is 9.57. The number of Topliss-reactive ketones (excluding diaryl/α,β-unsaturated/α-hetero) is 3. The minimum Gasteiger partial charge on any atom is -0.496 e. The predicted molar refractivity (Wildman–Crippen MR) is 282 cm³/mol. The topological polar surface area (TPSA) is 171 Å². The summed E-state index contributed by atoms with van der Waals surface area (Å²) in [5.74, 6) is 1.70. The molecule has 14 heteroatoms. The van der Waals surface area contributed by atoms with E-state index in [1.54, 1.807) is 20.4 Å². The number of hydrogen-bond acceptors (Lipinski definition) is 11. The van der Waals surface area contributed by atoms with E-state index in [0.29, 0.717) is 48.8 Å². The number of nitrogens with one attached hydrogen (secondary N) is 1. The number of ether oxygens (including phenoxy) is 2. The van der Waals surface area contributed by atoms with Crippen LogP contribution in [0.25, 0.3) is 0 Å². The molecule has 9 atom stereocenters. The van der Waals surface area contributed by atoms with Gasteiger partial charge in [-0.2, -0.15) is 15.3 Å². The Bertz CT molecular complexity index is 3430. The highest BCUT2D eigenvalue weighted by molar-refractivity contribution is 6.13. The average Bonchev–Trinajstić information content (AvgIpc) is 4.09. The third-order valence-electron chi connectivity index (χ3n) is 18.2. The Morgan fingerprint density at radius 2 is 1.19 bits per heavy atom. The van der Waals surface area contributed by atoms with E-state index in [2.05, 4.69) is 79.8 Å². The number of aromatic amines is 1. The largest absolute Gasteiger partial charge is 0.496 e. The molecule has 4 fully saturated rings. The van der Waals surface area contributed by atoms with Gasteiger partial charge >= 0.3 is 0 Å². The van der Waals surface area contributed by atoms with E-state index in [1.807, 2.05) is 53.2 Å². The van der Waals surface area contributed by atoms with E-state index < -0.39 is 23.3 Å². The lowest BCUT2D eigenvalue weighted by molar-refractivity contribution is -0.126. The Balaban J connectivity index is 0.870. The highest BCUT2D eigenvalue weighted by Crippen LogP contribution is 2.58. The summed E-state index contributed by atoms with van der Waals surface area (Å²) >= 11 is 0. The number of methoxy groups -OCH3 is 2. The molecular formula is C60H63N9O5. The van der Waals surface area contributed by atoms with Crippen LogP contribution in [0.3, 0.4) is 0 Å². The smallest absolute Gasteiger partial charge is 0.177 e. The van der Waals surface area contributed by atoms with E-state index >= 15 is 4.79 Å². The Kier molecular flexibility index (Phi) is 10.7. The number of fused-ring (bicyclic) bond motifs is 6. The van der Waals surface area contributed by atoms with Crippen LogP contribution in [0.15, 0.2) is 100 Å². The number of ketones is 3. The maximum Gasteiger partial charge on any atom is 0.177 e. The van der Waals surface area contributed by atoms with Crippen molar-refractivity contribution in [1.29, 1.82) is 0 Å². The highest BCUT2D eigenvalue weighted by atomic mass is 16.5. The number of aliphatic imine (C=N–C) groups is 3. The summed E-state index contributed by atoms with van der Waals surface area (Å²) in [4.78, 5) is 60.4. The SMILES string of the molecule is COc1ccccc1C1c2cn[nH]c2N=C2CC(C)(n3nc4c(c3C)C(c3ccccc3OC)C3C(=O)CC5(CCCC(n6nc7c(c6C)C(c6ccccc6)C6C(=O)CC(C)(C)CC6=N7)C5)CC3=N4)CC(=O)C21. The average molecular weight is 990 g/mol. The fraction of sp³-hybridized carbons (Fsp3) is 0.450. The number of carbonyl (C=O) groups excluding carboxylic acids is 3. The molecule has 3 aromatic heterocycles. The third kappa shape index (κ3) is 7.12. The maximum absolute atomic E-state index is 15.4. The summed E-state index contributed by atoms with van der Waals surface area (Å²) in [5, 5.41) is 18.3. The second kappa shape index (κ2) is 17.0. The van der Waals surface area contributed by atoms with Gasteiger partial charge in [0.1, 0.15) is 28.8 Å². The zero-order valence-electron chi connectivity index (χ0n) is 43.3. The molecule has 6 aromatic rings. The van der Waals surface area contributed by atoms with E-state index in [9.17, 15) is 9.59 Å². The van der Waals surface area contributed by atoms with E-state index in [-0.39, 0.29) is 58.4 Å². The van der Waals surface area contributed by atoms with Crippen LogP contribution >= 0.6 is 0 Å². The molecule has 0 saturated heterocycles. The van der Waals surface area contributed by atoms with Crippen LogP contribution in [0.5, 0.6) is 11.5 Å². The summed E-state index contributed by atoms with van der Waals surface area (Å²) in [7, 11) is 3.34. The summed E-state index contributed by atoms with van der Waals surface area (Å²) in [6, 6.07) is 26.4. The van der Waals surface area contributed by atoms with Crippen molar-refractivity contribution in [3.63, 3.8) is 0 Å². The van der Waals surface area contributed by atoms with Gasteiger partial charge in [-0.25, -0.2) is 15.0 Å². The lowest BCUT2D eigenvalue weighted by Gasteiger charge is -2.47. The lowest BCUT2D eigenvalue weighted by Crippen LogP contribution is -2.48. The number of benzene rings is 3. The van der Waals surface area contributed by atoms with Gasteiger partial charge in [-0.15, -0.1) is 0 Å². The number of carbonyl (C=O) groups is 3. The van der Waals surface area contributed by atoms with E-state index in [0.717, 1.165) is 99.8 Å². The van der Waals surface area contributed by atoms with Crippen molar-refractivity contribution in [2.24, 2.45) is 43.6 Å². The minimum atomic E-state index is -0.790. The summed E-state index contributed by atoms with van der Waals surface area (Å²) in [6.45, 7) is 10.6. The molecule has 6 heterocycles. The van der Waals surface area contributed by atoms with Crippen LogP contribution in [0.2, 0.25) is 0 Å². The fourth-order valence-electron chi connectivity index (χ4n) is 15.3. The number of nitrogens with zero attached hydrogens (tertiary/aromatic N) is 8. The van der Waals surface area contributed by atoms with Crippen LogP contribution in [0.4, 0.5) is 17.5 Å². The van der Waals surface area contributed by atoms with Crippen molar-refractivity contribution in [1.82, 2.24) is 29.8 Å². The first-order valence-electron chi connectivity index (χ1n) is 26.5. The first kappa shape index (κ1) is 46.7. The number of para-hydroxylation sites is 2. The van der Waals surface area contributed by atoms with Crippen molar-refractivity contribution in [3.05, 3.63) is 130 Å². The predicted octanol–water partition coefficient (Wildman–Crippen LogP) is 11.3. The zero-order valence-corrected chi connectivity index (χ0v) is 43.3. The van der Waals surface area contributed by atoms with Gasteiger partial charge in [0.2, 0.25) is 0 Å². The molecule has 378 valence electrons. The molecule has 0 bridgehead atoms. The van der Waals surface area contributed by atoms with Gasteiger partial charge < -0.3 is 9.47 Å². The Morgan fingerprint density at radius 1 is 0.595 bits per heavy atom. The Morgan fingerprint density at radius 3 is 1.92 bits per heavy atom. The molecule has 14 nitrogen and oxygen atoms in total. The minimum absolute atomic E-state index is 0.0337. The van der Waals surface area contributed by atoms with Crippen LogP contribution in [0.1, 0.15) is 154 Å². The molecule has 3 aliphatic heterocycles. The van der Waals surface area contributed by atoms with Crippen LogP contribution in [-0.2, 0) is 19.9 Å². The Labute approximate surface area is 431 Å². The molecule has 0 amide bonds. The molecule has 0 radical (unpaired) electrons. The van der Waals surface area contributed by atoms with Crippen molar-refractivity contribution < 1.29 is 23.9 Å². The molecule has 3 aromatic carbocycles. The quantitative estimate of drug-likeness (QED) is 0.165. The molecule has 4 saturated carbocycles. The molecular weight excluding hydrogens is 927 g/mol. The molecule has 74 heavy (non-hydrogen) atoms. The fourth-order valence-corrected chi connectivity index (χ4v) is 15.3. The number of H-pyrrole nitrogens is 1. The van der Waals surface area contributed by atoms with Gasteiger partial charge in [-0.3, -0.25) is 28.8 Å². The van der Waals surface area contributed by atoms with Crippen molar-refractivity contribution in [2.45, 2.75) is 128 Å². The van der Waals surface area contributed by atoms with Crippen molar-refractivity contribution in [2.75, 3.05) is 14.2 Å². The maximum atomic E-state index is 15.4. The van der Waals surface area contributed by atoms with Crippen molar-refractivity contribution >= 4 is 51.9 Å². The van der Waals surface area contributed by atoms with E-state index in [1.165, 1.54) is 0 Å². The van der Waals surface area contributed by atoms with Gasteiger partial charge in [0.25, 0.3) is 0 Å². The third-order valence-corrected chi connectivity index (χ3v) is 18.2. The number of rotatable bonds is 7. The second-order valence-corrected chi connectivity index (χ2v) is 23.6. The molecule has 9 unspecified atom stereocenters. The number of aromatic nitrogens is 6. The first-order chi connectivity index (χ1) is 35.7. The summed E-state index contributed by atoms with van der Waals surface area (Å²) < 4.78 is 16.2. The van der Waals surface area contributed by atoms with Gasteiger partial charge in [0.05, 0.1) is 49.8 Å². The van der Waals surface area contributed by atoms with Crippen LogP contribution in [-0.4, -0.2) is 78.5 Å². The normalized spacial score (nSPS) is 29.7. The molecule has 13 rings (SSSR count). The zero-order chi connectivity index (χ0) is 51.0. The van der Waals surface area contributed by atoms with Gasteiger partial charge in [-0.1, -0.05) is 87.0 Å². The summed E-state index contributed by atoms with van der Waals surface area (Å²) in [5.41, 5.74) is 9.00. The van der Waals surface area contributed by atoms with Gasteiger partial charge in [-0.05, 0) is 81.4 Å². The van der Waals surface area contributed by atoms with Gasteiger partial charge in [0.15, 0.2) is 17.5 Å². The second-order valence-electron chi connectivity index (χ2n) is 23.6. The number of hydrogen-bond donors (Lipinski definition) is 1. The van der Waals surface area contributed by atoms with Crippen molar-refractivity contribution in [3.8, 4) is 11.5 Å². The first-order valence-corrected chi connectivity index (χ1v) is 26.5. The van der Waals surface area contributed by atoms with Crippen LogP contribution < -0.4 is 9.47 Å². The highest BCUT2D eigenvalue weighted by Gasteiger charge is 2.55. The molecule has 1 spiro atoms. The monoisotopic (exact) mass is 989 g/mol.